The Balaban J connectivity index is 1.36. The summed E-state index contributed by atoms with van der Waals surface area (Å²) in [6.07, 6.45) is 6.91. The van der Waals surface area contributed by atoms with Crippen LogP contribution in [0.3, 0.4) is 0 Å². The molecule has 2 N–H and O–H groups in total. The lowest BCUT2D eigenvalue weighted by Crippen LogP contribution is -2.35. The van der Waals surface area contributed by atoms with Gasteiger partial charge in [-0.25, -0.2) is 4.79 Å². The number of aryl methyl sites for hydroxylation is 1. The summed E-state index contributed by atoms with van der Waals surface area (Å²) in [5.74, 6) is 0. The zero-order chi connectivity index (χ0) is 17.3. The van der Waals surface area contributed by atoms with Gasteiger partial charge in [-0.3, -0.25) is 4.98 Å². The molecule has 0 atom stereocenters. The Bertz CT molecular complexity index is 768. The molecule has 25 heavy (non-hydrogen) atoms. The van der Waals surface area contributed by atoms with Gasteiger partial charge in [0.1, 0.15) is 0 Å². The average Bonchev–Trinajstić information content (AvgIpc) is 3.20. The van der Waals surface area contributed by atoms with Gasteiger partial charge in [-0.1, -0.05) is 36.4 Å². The highest BCUT2D eigenvalue weighted by Crippen LogP contribution is 2.16. The minimum Gasteiger partial charge on any atom is -0.472 e. The average molecular weight is 335 g/mol. The Kier molecular flexibility index (Phi) is 5.82. The summed E-state index contributed by atoms with van der Waals surface area (Å²) < 4.78 is 5.05. The first-order chi connectivity index (χ1) is 12.3. The van der Waals surface area contributed by atoms with E-state index in [1.165, 1.54) is 5.56 Å². The van der Waals surface area contributed by atoms with Crippen LogP contribution in [-0.4, -0.2) is 17.6 Å². The van der Waals surface area contributed by atoms with Gasteiger partial charge in [0.05, 0.1) is 18.2 Å². The molecule has 0 radical (unpaired) electrons. The predicted octanol–water partition coefficient (Wildman–Crippen LogP) is 3.77. The number of nitrogens with one attached hydrogen (secondary N) is 2. The fourth-order valence-corrected chi connectivity index (χ4v) is 2.49. The van der Waals surface area contributed by atoms with Crippen molar-refractivity contribution >= 4 is 6.03 Å². The van der Waals surface area contributed by atoms with Crippen molar-refractivity contribution in [2.24, 2.45) is 0 Å². The van der Waals surface area contributed by atoms with Crippen LogP contribution < -0.4 is 10.6 Å². The predicted molar refractivity (Wildman–Crippen MR) is 96.9 cm³/mol. The number of carbonyl (C=O) groups excluding carboxylic acids is 1. The Labute approximate surface area is 147 Å². The third-order valence-corrected chi connectivity index (χ3v) is 3.87. The number of rotatable bonds is 7. The molecule has 0 aliphatic heterocycles. The van der Waals surface area contributed by atoms with Crippen molar-refractivity contribution < 1.29 is 9.21 Å². The van der Waals surface area contributed by atoms with Gasteiger partial charge in [0.2, 0.25) is 0 Å². The van der Waals surface area contributed by atoms with Crippen LogP contribution in [-0.2, 0) is 13.0 Å². The molecule has 0 bridgehead atoms. The number of aromatic nitrogens is 1. The highest BCUT2D eigenvalue weighted by Gasteiger charge is 2.03. The van der Waals surface area contributed by atoms with E-state index in [9.17, 15) is 4.79 Å². The number of nitrogens with zero attached hydrogens (tertiary/aromatic N) is 1. The standard InChI is InChI=1S/C20H21N3O2/c24-20(21-11-4-7-16-5-2-1-3-6-16)23-14-17-8-9-19(22-13-17)18-10-12-25-15-18/h1-3,5-6,8-10,12-13,15H,4,7,11,14H2,(H2,21,23,24). The van der Waals surface area contributed by atoms with Crippen LogP contribution in [0.1, 0.15) is 17.5 Å². The minimum absolute atomic E-state index is 0.160. The molecule has 0 aliphatic rings. The number of hydrogen-bond acceptors (Lipinski definition) is 3. The maximum absolute atomic E-state index is 11.8. The van der Waals surface area contributed by atoms with E-state index in [0.717, 1.165) is 29.7 Å². The number of amides is 2. The molecular formula is C20H21N3O2. The van der Waals surface area contributed by atoms with Crippen molar-refractivity contribution in [3.8, 4) is 11.3 Å². The number of furan rings is 1. The van der Waals surface area contributed by atoms with Gasteiger partial charge < -0.3 is 15.1 Å². The second-order valence-electron chi connectivity index (χ2n) is 5.76. The van der Waals surface area contributed by atoms with Crippen molar-refractivity contribution in [1.82, 2.24) is 15.6 Å². The van der Waals surface area contributed by atoms with Crippen LogP contribution in [0.15, 0.2) is 71.7 Å². The number of urea groups is 1. The first kappa shape index (κ1) is 16.8. The molecule has 5 heteroatoms. The van der Waals surface area contributed by atoms with Crippen molar-refractivity contribution in [2.45, 2.75) is 19.4 Å². The fourth-order valence-electron chi connectivity index (χ4n) is 2.49. The van der Waals surface area contributed by atoms with Crippen molar-refractivity contribution in [3.63, 3.8) is 0 Å². The first-order valence-corrected chi connectivity index (χ1v) is 8.34. The van der Waals surface area contributed by atoms with Crippen molar-refractivity contribution in [1.29, 1.82) is 0 Å². The summed E-state index contributed by atoms with van der Waals surface area (Å²) in [6.45, 7) is 1.10. The van der Waals surface area contributed by atoms with Crippen LogP contribution in [0.4, 0.5) is 4.79 Å². The highest BCUT2D eigenvalue weighted by atomic mass is 16.3. The molecule has 3 aromatic rings. The maximum Gasteiger partial charge on any atom is 0.315 e. The van der Waals surface area contributed by atoms with E-state index in [2.05, 4.69) is 27.8 Å². The van der Waals surface area contributed by atoms with Gasteiger partial charge in [0.15, 0.2) is 0 Å². The SMILES string of the molecule is O=C(NCCCc1ccccc1)NCc1ccc(-c2ccoc2)nc1. The molecule has 0 aliphatic carbocycles. The number of benzene rings is 1. The van der Waals surface area contributed by atoms with Crippen LogP contribution in [0, 0.1) is 0 Å². The van der Waals surface area contributed by atoms with E-state index in [4.69, 9.17) is 4.42 Å². The topological polar surface area (TPSA) is 67.2 Å². The molecule has 0 saturated carbocycles. The van der Waals surface area contributed by atoms with E-state index in [0.29, 0.717) is 13.1 Å². The van der Waals surface area contributed by atoms with Gasteiger partial charge in [-0.2, -0.15) is 0 Å². The van der Waals surface area contributed by atoms with Gasteiger partial charge in [0, 0.05) is 24.8 Å². The minimum atomic E-state index is -0.160. The summed E-state index contributed by atoms with van der Waals surface area (Å²) >= 11 is 0. The van der Waals surface area contributed by atoms with Crippen LogP contribution >= 0.6 is 0 Å². The quantitative estimate of drug-likeness (QED) is 0.646. The molecular weight excluding hydrogens is 314 g/mol. The highest BCUT2D eigenvalue weighted by molar-refractivity contribution is 5.73. The Morgan fingerprint density at radius 3 is 2.60 bits per heavy atom. The zero-order valence-corrected chi connectivity index (χ0v) is 13.9. The normalized spacial score (nSPS) is 10.4. The van der Waals surface area contributed by atoms with E-state index in [1.54, 1.807) is 18.7 Å². The Morgan fingerprint density at radius 2 is 1.88 bits per heavy atom. The molecule has 5 nitrogen and oxygen atoms in total. The van der Waals surface area contributed by atoms with E-state index >= 15 is 0 Å². The summed E-state index contributed by atoms with van der Waals surface area (Å²) in [5, 5.41) is 5.72. The molecule has 1 aromatic carbocycles. The largest absolute Gasteiger partial charge is 0.472 e. The summed E-state index contributed by atoms with van der Waals surface area (Å²) in [4.78, 5) is 16.2. The van der Waals surface area contributed by atoms with Gasteiger partial charge in [0.25, 0.3) is 0 Å². The summed E-state index contributed by atoms with van der Waals surface area (Å²) in [7, 11) is 0. The van der Waals surface area contributed by atoms with Crippen LogP contribution in [0.2, 0.25) is 0 Å². The summed E-state index contributed by atoms with van der Waals surface area (Å²) in [5.41, 5.74) is 4.03. The van der Waals surface area contributed by atoms with Gasteiger partial charge in [-0.15, -0.1) is 0 Å². The monoisotopic (exact) mass is 335 g/mol. The molecule has 0 unspecified atom stereocenters. The molecule has 128 valence electrons. The third kappa shape index (κ3) is 5.21. The second-order valence-corrected chi connectivity index (χ2v) is 5.76. The fraction of sp³-hybridized carbons (Fsp3) is 0.200. The van der Waals surface area contributed by atoms with E-state index in [-0.39, 0.29) is 6.03 Å². The molecule has 0 fully saturated rings. The molecule has 0 saturated heterocycles. The third-order valence-electron chi connectivity index (χ3n) is 3.87. The lowest BCUT2D eigenvalue weighted by molar-refractivity contribution is 0.240. The molecule has 2 amide bonds. The summed E-state index contributed by atoms with van der Waals surface area (Å²) in [6, 6.07) is 15.8. The Hall–Kier alpha value is -3.08. The van der Waals surface area contributed by atoms with Gasteiger partial charge >= 0.3 is 6.03 Å². The number of carbonyl (C=O) groups is 1. The molecule has 2 heterocycles. The Morgan fingerprint density at radius 1 is 1.00 bits per heavy atom. The lowest BCUT2D eigenvalue weighted by Gasteiger charge is -2.08. The van der Waals surface area contributed by atoms with E-state index in [1.807, 2.05) is 36.4 Å². The second kappa shape index (κ2) is 8.68. The van der Waals surface area contributed by atoms with Crippen molar-refractivity contribution in [3.05, 3.63) is 78.4 Å². The lowest BCUT2D eigenvalue weighted by atomic mass is 10.1. The van der Waals surface area contributed by atoms with Crippen molar-refractivity contribution in [2.75, 3.05) is 6.54 Å². The van der Waals surface area contributed by atoms with Crippen LogP contribution in [0.5, 0.6) is 0 Å². The zero-order valence-electron chi connectivity index (χ0n) is 13.9. The molecule has 2 aromatic heterocycles. The van der Waals surface area contributed by atoms with Crippen LogP contribution in [0.25, 0.3) is 11.3 Å². The smallest absolute Gasteiger partial charge is 0.315 e. The molecule has 3 rings (SSSR count). The van der Waals surface area contributed by atoms with E-state index < -0.39 is 0 Å². The van der Waals surface area contributed by atoms with Gasteiger partial charge in [-0.05, 0) is 36.1 Å². The first-order valence-electron chi connectivity index (χ1n) is 8.34. The number of pyridine rings is 1. The maximum atomic E-state index is 11.8. The number of hydrogen-bond donors (Lipinski definition) is 2. The molecule has 0 spiro atoms.